The van der Waals surface area contributed by atoms with E-state index in [1.807, 2.05) is 6.92 Å². The van der Waals surface area contributed by atoms with Crippen LogP contribution in [0.4, 0.5) is 9.18 Å². The van der Waals surface area contributed by atoms with E-state index in [2.05, 4.69) is 0 Å². The van der Waals surface area contributed by atoms with Gasteiger partial charge in [0.15, 0.2) is 11.5 Å². The number of hydrogen-bond acceptors (Lipinski definition) is 5. The zero-order chi connectivity index (χ0) is 20.3. The molecule has 1 heterocycles. The number of imide groups is 1. The third kappa shape index (κ3) is 4.31. The van der Waals surface area contributed by atoms with Crippen LogP contribution in [0.3, 0.4) is 0 Å². The van der Waals surface area contributed by atoms with Crippen molar-refractivity contribution in [1.29, 1.82) is 0 Å². The maximum Gasteiger partial charge on any atom is 0.293 e. The summed E-state index contributed by atoms with van der Waals surface area (Å²) in [6, 6.07) is 9.10. The van der Waals surface area contributed by atoms with Crippen molar-refractivity contribution < 1.29 is 23.5 Å². The van der Waals surface area contributed by atoms with Crippen LogP contribution in [0, 0.1) is 5.82 Å². The number of hydrogen-bond donors (Lipinski definition) is 0. The number of rotatable bonds is 6. The highest BCUT2D eigenvalue weighted by atomic mass is 35.5. The van der Waals surface area contributed by atoms with E-state index < -0.39 is 17.0 Å². The second-order valence-corrected chi connectivity index (χ2v) is 7.25. The van der Waals surface area contributed by atoms with Gasteiger partial charge in [0.05, 0.1) is 25.2 Å². The second kappa shape index (κ2) is 8.67. The van der Waals surface area contributed by atoms with Crippen molar-refractivity contribution in [2.45, 2.75) is 13.5 Å². The molecule has 0 saturated carbocycles. The Morgan fingerprint density at radius 1 is 1.18 bits per heavy atom. The standard InChI is InChI=1S/C20H17ClFNO4S/c1-3-27-16-7-4-12(8-17(16)26-2)9-18-19(24)23(20(25)28-18)11-13-5-6-14(22)10-15(13)21/h4-10H,3,11H2,1-2H3/b18-9-. The van der Waals surface area contributed by atoms with Gasteiger partial charge in [-0.25, -0.2) is 4.39 Å². The topological polar surface area (TPSA) is 55.8 Å². The summed E-state index contributed by atoms with van der Waals surface area (Å²) in [5.74, 6) is 0.226. The first-order valence-corrected chi connectivity index (χ1v) is 9.62. The average Bonchev–Trinajstić information content (AvgIpc) is 2.92. The Morgan fingerprint density at radius 3 is 2.64 bits per heavy atom. The Balaban J connectivity index is 1.83. The summed E-state index contributed by atoms with van der Waals surface area (Å²) >= 11 is 6.85. The van der Waals surface area contributed by atoms with Gasteiger partial charge >= 0.3 is 0 Å². The van der Waals surface area contributed by atoms with Gasteiger partial charge in [0.1, 0.15) is 5.82 Å². The molecule has 0 aliphatic carbocycles. The van der Waals surface area contributed by atoms with Crippen LogP contribution < -0.4 is 9.47 Å². The third-order valence-corrected chi connectivity index (χ3v) is 5.26. The van der Waals surface area contributed by atoms with Gasteiger partial charge in [-0.15, -0.1) is 0 Å². The van der Waals surface area contributed by atoms with Gasteiger partial charge < -0.3 is 9.47 Å². The van der Waals surface area contributed by atoms with E-state index in [1.165, 1.54) is 19.2 Å². The number of carbonyl (C=O) groups excluding carboxylic acids is 2. The summed E-state index contributed by atoms with van der Waals surface area (Å²) in [4.78, 5) is 26.3. The number of benzene rings is 2. The molecule has 0 radical (unpaired) electrons. The number of thioether (sulfide) groups is 1. The Bertz CT molecular complexity index is 963. The van der Waals surface area contributed by atoms with Crippen molar-refractivity contribution in [3.8, 4) is 11.5 Å². The van der Waals surface area contributed by atoms with E-state index in [4.69, 9.17) is 21.1 Å². The molecule has 0 spiro atoms. The van der Waals surface area contributed by atoms with Crippen LogP contribution in [0.1, 0.15) is 18.1 Å². The molecule has 0 unspecified atom stereocenters. The third-order valence-electron chi connectivity index (χ3n) is 4.00. The first-order valence-electron chi connectivity index (χ1n) is 8.43. The molecule has 1 fully saturated rings. The highest BCUT2D eigenvalue weighted by Gasteiger charge is 2.35. The summed E-state index contributed by atoms with van der Waals surface area (Å²) in [7, 11) is 1.53. The monoisotopic (exact) mass is 421 g/mol. The van der Waals surface area contributed by atoms with Crippen molar-refractivity contribution in [3.05, 3.63) is 63.3 Å². The van der Waals surface area contributed by atoms with Gasteiger partial charge in [0, 0.05) is 5.02 Å². The van der Waals surface area contributed by atoms with Crippen molar-refractivity contribution in [2.24, 2.45) is 0 Å². The summed E-state index contributed by atoms with van der Waals surface area (Å²) in [5.41, 5.74) is 1.19. The number of nitrogens with zero attached hydrogens (tertiary/aromatic N) is 1. The lowest BCUT2D eigenvalue weighted by Gasteiger charge is -2.13. The fourth-order valence-corrected chi connectivity index (χ4v) is 3.72. The number of amides is 2. The molecule has 1 saturated heterocycles. The predicted octanol–water partition coefficient (Wildman–Crippen LogP) is 5.12. The Hall–Kier alpha value is -2.51. The highest BCUT2D eigenvalue weighted by Crippen LogP contribution is 2.36. The maximum absolute atomic E-state index is 13.2. The maximum atomic E-state index is 13.2. The van der Waals surface area contributed by atoms with Gasteiger partial charge in [-0.1, -0.05) is 23.7 Å². The van der Waals surface area contributed by atoms with Crippen LogP contribution in [0.2, 0.25) is 5.02 Å². The SMILES string of the molecule is CCOc1ccc(/C=C2\SC(=O)N(Cc3ccc(F)cc3Cl)C2=O)cc1OC. The van der Waals surface area contributed by atoms with Gasteiger partial charge in [0.2, 0.25) is 0 Å². The fourth-order valence-electron chi connectivity index (χ4n) is 2.66. The molecule has 0 N–H and O–H groups in total. The van der Waals surface area contributed by atoms with Crippen LogP contribution in [0.15, 0.2) is 41.3 Å². The van der Waals surface area contributed by atoms with Crippen LogP contribution in [0.25, 0.3) is 6.08 Å². The summed E-state index contributed by atoms with van der Waals surface area (Å²) in [5, 5.41) is -0.242. The number of carbonyl (C=O) groups is 2. The van der Waals surface area contributed by atoms with Crippen molar-refractivity contribution in [2.75, 3.05) is 13.7 Å². The fraction of sp³-hybridized carbons (Fsp3) is 0.200. The molecule has 0 bridgehead atoms. The van der Waals surface area contributed by atoms with Crippen molar-refractivity contribution >= 4 is 40.6 Å². The first-order chi connectivity index (χ1) is 13.4. The Morgan fingerprint density at radius 2 is 1.96 bits per heavy atom. The average molecular weight is 422 g/mol. The molecule has 28 heavy (non-hydrogen) atoms. The minimum Gasteiger partial charge on any atom is -0.493 e. The number of halogens is 2. The molecule has 2 aromatic carbocycles. The molecule has 1 aliphatic heterocycles. The molecular formula is C20H17ClFNO4S. The molecule has 0 aromatic heterocycles. The van der Waals surface area contributed by atoms with E-state index in [-0.39, 0.29) is 16.5 Å². The second-order valence-electron chi connectivity index (χ2n) is 5.85. The molecule has 5 nitrogen and oxygen atoms in total. The van der Waals surface area contributed by atoms with E-state index in [1.54, 1.807) is 24.3 Å². The van der Waals surface area contributed by atoms with Crippen LogP contribution in [0.5, 0.6) is 11.5 Å². The lowest BCUT2D eigenvalue weighted by molar-refractivity contribution is -0.123. The van der Waals surface area contributed by atoms with E-state index in [0.29, 0.717) is 29.2 Å². The molecule has 8 heteroatoms. The summed E-state index contributed by atoms with van der Waals surface area (Å²) in [6.07, 6.45) is 1.62. The summed E-state index contributed by atoms with van der Waals surface area (Å²) in [6.45, 7) is 2.35. The lowest BCUT2D eigenvalue weighted by Crippen LogP contribution is -2.27. The minimum absolute atomic E-state index is 0.0201. The number of methoxy groups -OCH3 is 1. The van der Waals surface area contributed by atoms with Gasteiger partial charge in [0.25, 0.3) is 11.1 Å². The molecule has 3 rings (SSSR count). The predicted molar refractivity (Wildman–Crippen MR) is 107 cm³/mol. The van der Waals surface area contributed by atoms with Gasteiger partial charge in [-0.05, 0) is 60.2 Å². The van der Waals surface area contributed by atoms with E-state index in [9.17, 15) is 14.0 Å². The first kappa shape index (κ1) is 20.2. The molecule has 2 aromatic rings. The molecule has 2 amide bonds. The van der Waals surface area contributed by atoms with Crippen LogP contribution in [-0.2, 0) is 11.3 Å². The van der Waals surface area contributed by atoms with Crippen molar-refractivity contribution in [3.63, 3.8) is 0 Å². The molecular weight excluding hydrogens is 405 g/mol. The molecule has 1 aliphatic rings. The summed E-state index contributed by atoms with van der Waals surface area (Å²) < 4.78 is 24.0. The minimum atomic E-state index is -0.479. The number of ether oxygens (including phenoxy) is 2. The van der Waals surface area contributed by atoms with Gasteiger partial charge in [-0.3, -0.25) is 14.5 Å². The van der Waals surface area contributed by atoms with E-state index in [0.717, 1.165) is 22.7 Å². The molecule has 0 atom stereocenters. The molecule has 146 valence electrons. The Kier molecular flexibility index (Phi) is 6.26. The zero-order valence-corrected chi connectivity index (χ0v) is 16.8. The lowest BCUT2D eigenvalue weighted by atomic mass is 10.1. The van der Waals surface area contributed by atoms with Crippen molar-refractivity contribution in [1.82, 2.24) is 4.90 Å². The normalized spacial score (nSPS) is 15.4. The quantitative estimate of drug-likeness (QED) is 0.606. The largest absolute Gasteiger partial charge is 0.493 e. The van der Waals surface area contributed by atoms with Crippen LogP contribution >= 0.6 is 23.4 Å². The van der Waals surface area contributed by atoms with E-state index >= 15 is 0 Å². The smallest absolute Gasteiger partial charge is 0.293 e. The Labute approximate surface area is 171 Å². The van der Waals surface area contributed by atoms with Crippen LogP contribution in [-0.4, -0.2) is 29.8 Å². The van der Waals surface area contributed by atoms with Gasteiger partial charge in [-0.2, -0.15) is 0 Å². The zero-order valence-electron chi connectivity index (χ0n) is 15.2. The highest BCUT2D eigenvalue weighted by molar-refractivity contribution is 8.18.